The number of carbonyl (C=O) groups is 1. The number of rotatable bonds is 4. The number of benzene rings is 2. The van der Waals surface area contributed by atoms with Crippen molar-refractivity contribution in [2.45, 2.75) is 70.3 Å². The fraction of sp³-hybridized carbons (Fsp3) is 0.444. The Morgan fingerprint density at radius 2 is 1.63 bits per heavy atom. The van der Waals surface area contributed by atoms with E-state index in [9.17, 15) is 4.79 Å². The maximum absolute atomic E-state index is 13.3. The molecule has 0 amide bonds. The van der Waals surface area contributed by atoms with E-state index < -0.39 is 0 Å². The molecule has 2 aromatic rings. The first-order valence-corrected chi connectivity index (χ1v) is 11.3. The lowest BCUT2D eigenvalue weighted by Gasteiger charge is -2.26. The lowest BCUT2D eigenvalue weighted by molar-refractivity contribution is 0.0238. The largest absolute Gasteiger partial charge is 0.497 e. The zero-order valence-corrected chi connectivity index (χ0v) is 18.2. The molecule has 2 aliphatic carbocycles. The minimum absolute atomic E-state index is 0.0537. The van der Waals surface area contributed by atoms with Crippen molar-refractivity contribution in [3.63, 3.8) is 0 Å². The molecule has 1 unspecified atom stereocenters. The molecule has 0 aliphatic heterocycles. The second-order valence-electron chi connectivity index (χ2n) is 8.60. The number of methoxy groups -OCH3 is 1. The van der Waals surface area contributed by atoms with Gasteiger partial charge in [-0.15, -0.1) is 0 Å². The summed E-state index contributed by atoms with van der Waals surface area (Å²) in [6.07, 6.45) is 13.4. The van der Waals surface area contributed by atoms with Crippen LogP contribution in [0.5, 0.6) is 5.75 Å². The first-order valence-electron chi connectivity index (χ1n) is 11.3. The van der Waals surface area contributed by atoms with Gasteiger partial charge in [-0.2, -0.15) is 0 Å². The maximum Gasteiger partial charge on any atom is 0.339 e. The van der Waals surface area contributed by atoms with E-state index in [2.05, 4.69) is 36.4 Å². The van der Waals surface area contributed by atoms with Gasteiger partial charge in [-0.25, -0.2) is 4.79 Å². The quantitative estimate of drug-likeness (QED) is 0.524. The van der Waals surface area contributed by atoms with Crippen LogP contribution >= 0.6 is 0 Å². The summed E-state index contributed by atoms with van der Waals surface area (Å²) in [6, 6.07) is 12.5. The third-order valence-corrected chi connectivity index (χ3v) is 6.57. The van der Waals surface area contributed by atoms with Crippen molar-refractivity contribution in [1.29, 1.82) is 0 Å². The highest BCUT2D eigenvalue weighted by Crippen LogP contribution is 2.38. The smallest absolute Gasteiger partial charge is 0.339 e. The van der Waals surface area contributed by atoms with Gasteiger partial charge in [0.15, 0.2) is 0 Å². The third kappa shape index (κ3) is 4.45. The van der Waals surface area contributed by atoms with E-state index in [4.69, 9.17) is 9.47 Å². The van der Waals surface area contributed by atoms with Crippen molar-refractivity contribution in [1.82, 2.24) is 0 Å². The number of aryl methyl sites for hydroxylation is 1. The Morgan fingerprint density at radius 1 is 0.933 bits per heavy atom. The molecule has 3 heteroatoms. The Kier molecular flexibility index (Phi) is 6.56. The molecular weight excluding hydrogens is 372 g/mol. The molecule has 158 valence electrons. The Morgan fingerprint density at radius 3 is 2.33 bits per heavy atom. The lowest BCUT2D eigenvalue weighted by Crippen LogP contribution is -2.22. The molecule has 0 aromatic heterocycles. The lowest BCUT2D eigenvalue weighted by atomic mass is 9.80. The third-order valence-electron chi connectivity index (χ3n) is 6.57. The van der Waals surface area contributed by atoms with Crippen LogP contribution in [0.1, 0.15) is 89.9 Å². The SMILES string of the molecule is COc1ccc(C2CC=Cc3c2ccc(C)c3C(=O)OC2CCCCCCC2)cc1. The standard InChI is InChI=1S/C27H32O3/c1-19-13-18-24-23(20-14-16-21(29-2)17-15-20)11-8-12-25(24)26(19)27(28)30-22-9-6-4-3-5-7-10-22/h8,12-18,22-23H,3-7,9-11H2,1-2H3. The number of carbonyl (C=O) groups excluding carboxylic acids is 1. The molecule has 2 aliphatic rings. The van der Waals surface area contributed by atoms with Crippen LogP contribution in [0.25, 0.3) is 6.08 Å². The van der Waals surface area contributed by atoms with E-state index in [1.54, 1.807) is 7.11 Å². The number of allylic oxidation sites excluding steroid dienone is 1. The van der Waals surface area contributed by atoms with Crippen LogP contribution in [-0.2, 0) is 4.74 Å². The zero-order valence-electron chi connectivity index (χ0n) is 18.2. The molecule has 2 aromatic carbocycles. The Labute approximate surface area is 180 Å². The van der Waals surface area contributed by atoms with Gasteiger partial charge in [0, 0.05) is 5.92 Å². The van der Waals surface area contributed by atoms with Gasteiger partial charge in [0.25, 0.3) is 0 Å². The molecule has 0 saturated heterocycles. The number of fused-ring (bicyclic) bond motifs is 1. The number of esters is 1. The summed E-state index contributed by atoms with van der Waals surface area (Å²) in [5.74, 6) is 0.942. The molecule has 30 heavy (non-hydrogen) atoms. The van der Waals surface area contributed by atoms with Gasteiger partial charge in [-0.1, -0.05) is 55.7 Å². The second-order valence-corrected chi connectivity index (χ2v) is 8.60. The molecule has 0 spiro atoms. The van der Waals surface area contributed by atoms with E-state index in [0.29, 0.717) is 0 Å². The van der Waals surface area contributed by atoms with Gasteiger partial charge in [-0.05, 0) is 73.4 Å². The van der Waals surface area contributed by atoms with E-state index in [1.165, 1.54) is 30.4 Å². The fourth-order valence-corrected chi connectivity index (χ4v) is 4.85. The molecule has 1 saturated carbocycles. The minimum atomic E-state index is -0.157. The minimum Gasteiger partial charge on any atom is -0.497 e. The topological polar surface area (TPSA) is 35.5 Å². The van der Waals surface area contributed by atoms with Gasteiger partial charge >= 0.3 is 5.97 Å². The van der Waals surface area contributed by atoms with Gasteiger partial charge in [0.05, 0.1) is 12.7 Å². The highest BCUT2D eigenvalue weighted by atomic mass is 16.5. The fourth-order valence-electron chi connectivity index (χ4n) is 4.85. The monoisotopic (exact) mass is 404 g/mol. The van der Waals surface area contributed by atoms with Gasteiger partial charge in [-0.3, -0.25) is 0 Å². The van der Waals surface area contributed by atoms with E-state index in [0.717, 1.165) is 54.5 Å². The summed E-state index contributed by atoms with van der Waals surface area (Å²) in [4.78, 5) is 13.3. The van der Waals surface area contributed by atoms with Crippen molar-refractivity contribution >= 4 is 12.0 Å². The zero-order chi connectivity index (χ0) is 20.9. The summed E-state index contributed by atoms with van der Waals surface area (Å²) < 4.78 is 11.3. The Bertz CT molecular complexity index is 902. The Hall–Kier alpha value is -2.55. The van der Waals surface area contributed by atoms with Crippen molar-refractivity contribution in [3.8, 4) is 5.75 Å². The molecular formula is C27H32O3. The molecule has 0 N–H and O–H groups in total. The van der Waals surface area contributed by atoms with Crippen LogP contribution in [0.2, 0.25) is 0 Å². The predicted molar refractivity (Wildman–Crippen MR) is 121 cm³/mol. The molecule has 0 heterocycles. The van der Waals surface area contributed by atoms with Crippen LogP contribution < -0.4 is 4.74 Å². The van der Waals surface area contributed by atoms with Crippen molar-refractivity contribution in [3.05, 3.63) is 70.3 Å². The highest BCUT2D eigenvalue weighted by Gasteiger charge is 2.26. The molecule has 1 atom stereocenters. The molecule has 3 nitrogen and oxygen atoms in total. The molecule has 1 fully saturated rings. The number of hydrogen-bond donors (Lipinski definition) is 0. The maximum atomic E-state index is 13.3. The van der Waals surface area contributed by atoms with Crippen molar-refractivity contribution < 1.29 is 14.3 Å². The Balaban J connectivity index is 1.62. The van der Waals surface area contributed by atoms with E-state index in [1.807, 2.05) is 19.1 Å². The predicted octanol–water partition coefficient (Wildman–Crippen LogP) is 6.82. The van der Waals surface area contributed by atoms with Crippen LogP contribution in [0.15, 0.2) is 42.5 Å². The molecule has 0 radical (unpaired) electrons. The van der Waals surface area contributed by atoms with Gasteiger partial charge in [0.2, 0.25) is 0 Å². The van der Waals surface area contributed by atoms with E-state index >= 15 is 0 Å². The second kappa shape index (κ2) is 9.51. The van der Waals surface area contributed by atoms with E-state index in [-0.39, 0.29) is 18.0 Å². The normalized spacial score (nSPS) is 19.5. The highest BCUT2D eigenvalue weighted by molar-refractivity contribution is 5.96. The summed E-state index contributed by atoms with van der Waals surface area (Å²) in [5.41, 5.74) is 5.20. The van der Waals surface area contributed by atoms with Crippen LogP contribution in [0.4, 0.5) is 0 Å². The average Bonchev–Trinajstić information content (AvgIpc) is 2.75. The van der Waals surface area contributed by atoms with Gasteiger partial charge in [0.1, 0.15) is 11.9 Å². The van der Waals surface area contributed by atoms with Crippen LogP contribution in [0, 0.1) is 6.92 Å². The molecule has 4 rings (SSSR count). The van der Waals surface area contributed by atoms with Crippen LogP contribution in [-0.4, -0.2) is 19.2 Å². The number of ether oxygens (including phenoxy) is 2. The van der Waals surface area contributed by atoms with Crippen LogP contribution in [0.3, 0.4) is 0 Å². The first-order chi connectivity index (χ1) is 14.7. The van der Waals surface area contributed by atoms with Gasteiger partial charge < -0.3 is 9.47 Å². The summed E-state index contributed by atoms with van der Waals surface area (Å²) in [5, 5.41) is 0. The number of hydrogen-bond acceptors (Lipinski definition) is 3. The molecule has 0 bridgehead atoms. The van der Waals surface area contributed by atoms with Crippen molar-refractivity contribution in [2.75, 3.05) is 7.11 Å². The summed E-state index contributed by atoms with van der Waals surface area (Å²) in [6.45, 7) is 2.01. The summed E-state index contributed by atoms with van der Waals surface area (Å²) in [7, 11) is 1.68. The average molecular weight is 405 g/mol. The summed E-state index contributed by atoms with van der Waals surface area (Å²) >= 11 is 0. The first kappa shape index (κ1) is 20.7. The van der Waals surface area contributed by atoms with Crippen molar-refractivity contribution in [2.24, 2.45) is 0 Å².